The lowest BCUT2D eigenvalue weighted by Gasteiger charge is -2.25. The molecule has 3 aromatic carbocycles. The van der Waals surface area contributed by atoms with E-state index in [1.807, 2.05) is 24.3 Å². The number of aromatic amines is 1. The molecule has 0 fully saturated rings. The number of aliphatic hydroxyl groups is 1. The normalized spacial score (nSPS) is 16.2. The molecule has 1 aliphatic heterocycles. The molecule has 0 aliphatic carbocycles. The van der Waals surface area contributed by atoms with Crippen molar-refractivity contribution in [3.63, 3.8) is 0 Å². The fourth-order valence-electron chi connectivity index (χ4n) is 4.88. The molecule has 1 aliphatic rings. The number of Topliss-reactive ketones (excluding diaryl/α,β-unsaturated/α-hetero) is 1. The minimum atomic E-state index is -1.03. The van der Waals surface area contributed by atoms with Gasteiger partial charge in [-0.05, 0) is 59.0 Å². The highest BCUT2D eigenvalue weighted by molar-refractivity contribution is 6.31. The molecule has 0 radical (unpaired) electrons. The molecule has 3 heterocycles. The number of benzene rings is 3. The standard InChI is InChI=1S/C30H23ClFN3O4/c1-30(2,3)17-6-4-15(5-7-17)25-24(26(36)23-13-16-12-18(31)8-11-22(16)39-23)27(37)28(38)35(25)29-33-20-10-9-19(32)14-21(20)34-29/h4-14,25,37H,1-3H3,(H,33,34). The first kappa shape index (κ1) is 24.9. The number of aliphatic hydroxyl groups excluding tert-OH is 1. The number of nitrogens with one attached hydrogen (secondary N) is 1. The van der Waals surface area contributed by atoms with Crippen molar-refractivity contribution in [3.8, 4) is 0 Å². The third kappa shape index (κ3) is 4.17. The predicted octanol–water partition coefficient (Wildman–Crippen LogP) is 7.18. The molecule has 0 bridgehead atoms. The van der Waals surface area contributed by atoms with E-state index in [-0.39, 0.29) is 22.7 Å². The average molecular weight is 544 g/mol. The number of carbonyl (C=O) groups excluding carboxylic acids is 2. The number of hydrogen-bond acceptors (Lipinski definition) is 5. The minimum Gasteiger partial charge on any atom is -0.503 e. The third-order valence-electron chi connectivity index (χ3n) is 6.91. The van der Waals surface area contributed by atoms with Crippen LogP contribution in [0.25, 0.3) is 22.0 Å². The molecule has 9 heteroatoms. The lowest BCUT2D eigenvalue weighted by atomic mass is 9.85. The number of aromatic nitrogens is 2. The van der Waals surface area contributed by atoms with E-state index in [0.29, 0.717) is 32.6 Å². The first-order valence-corrected chi connectivity index (χ1v) is 12.7. The Morgan fingerprint density at radius 3 is 2.54 bits per heavy atom. The summed E-state index contributed by atoms with van der Waals surface area (Å²) in [4.78, 5) is 36.0. The monoisotopic (exact) mass is 543 g/mol. The summed E-state index contributed by atoms with van der Waals surface area (Å²) in [6, 6.07) is 16.9. The van der Waals surface area contributed by atoms with E-state index in [4.69, 9.17) is 16.0 Å². The van der Waals surface area contributed by atoms with Gasteiger partial charge in [0.1, 0.15) is 11.4 Å². The first-order chi connectivity index (χ1) is 18.5. The molecular weight excluding hydrogens is 521 g/mol. The topological polar surface area (TPSA) is 99.4 Å². The fraction of sp³-hybridized carbons (Fsp3) is 0.167. The number of carbonyl (C=O) groups is 2. The number of furan rings is 1. The fourth-order valence-corrected chi connectivity index (χ4v) is 5.06. The van der Waals surface area contributed by atoms with E-state index in [2.05, 4.69) is 30.7 Å². The smallest absolute Gasteiger partial charge is 0.296 e. The van der Waals surface area contributed by atoms with Gasteiger partial charge in [0.2, 0.25) is 11.7 Å². The average Bonchev–Trinajstić information content (AvgIpc) is 3.57. The van der Waals surface area contributed by atoms with Crippen LogP contribution in [0.15, 0.2) is 82.5 Å². The van der Waals surface area contributed by atoms with Crippen molar-refractivity contribution in [2.75, 3.05) is 4.90 Å². The summed E-state index contributed by atoms with van der Waals surface area (Å²) in [5, 5.41) is 12.2. The van der Waals surface area contributed by atoms with Crippen molar-refractivity contribution in [1.29, 1.82) is 0 Å². The number of halogens is 2. The Labute approximate surface area is 227 Å². The van der Waals surface area contributed by atoms with Gasteiger partial charge in [-0.3, -0.25) is 14.5 Å². The van der Waals surface area contributed by atoms with E-state index in [1.54, 1.807) is 18.2 Å². The number of nitrogens with zero attached hydrogens (tertiary/aromatic N) is 2. The molecule has 0 saturated heterocycles. The number of ketones is 1. The molecule has 1 amide bonds. The second-order valence-corrected chi connectivity index (χ2v) is 11.0. The highest BCUT2D eigenvalue weighted by atomic mass is 35.5. The van der Waals surface area contributed by atoms with E-state index in [1.165, 1.54) is 29.2 Å². The molecular formula is C30H23ClFN3O4. The van der Waals surface area contributed by atoms with Crippen LogP contribution in [0, 0.1) is 5.82 Å². The van der Waals surface area contributed by atoms with Crippen molar-refractivity contribution in [1.82, 2.24) is 9.97 Å². The van der Waals surface area contributed by atoms with E-state index in [9.17, 15) is 19.1 Å². The van der Waals surface area contributed by atoms with Crippen molar-refractivity contribution in [2.45, 2.75) is 32.2 Å². The lowest BCUT2D eigenvalue weighted by molar-refractivity contribution is -0.117. The quantitative estimate of drug-likeness (QED) is 0.234. The summed E-state index contributed by atoms with van der Waals surface area (Å²) in [5.74, 6) is -2.64. The number of rotatable bonds is 4. The van der Waals surface area contributed by atoms with Crippen LogP contribution >= 0.6 is 11.6 Å². The Balaban J connectivity index is 1.50. The third-order valence-corrected chi connectivity index (χ3v) is 7.14. The Bertz CT molecular complexity index is 1830. The van der Waals surface area contributed by atoms with E-state index in [0.717, 1.165) is 5.56 Å². The molecule has 0 spiro atoms. The van der Waals surface area contributed by atoms with Crippen molar-refractivity contribution >= 4 is 51.2 Å². The molecule has 1 atom stereocenters. The van der Waals surface area contributed by atoms with E-state index < -0.39 is 29.3 Å². The van der Waals surface area contributed by atoms with Gasteiger partial charge in [-0.15, -0.1) is 0 Å². The van der Waals surface area contributed by atoms with Crippen LogP contribution in [-0.2, 0) is 10.2 Å². The van der Waals surface area contributed by atoms with Gasteiger partial charge in [-0.2, -0.15) is 0 Å². The predicted molar refractivity (Wildman–Crippen MR) is 147 cm³/mol. The zero-order chi connectivity index (χ0) is 27.6. The van der Waals surface area contributed by atoms with Crippen LogP contribution in [0.2, 0.25) is 5.02 Å². The zero-order valence-electron chi connectivity index (χ0n) is 21.3. The maximum absolute atomic E-state index is 13.9. The van der Waals surface area contributed by atoms with Gasteiger partial charge < -0.3 is 14.5 Å². The maximum Gasteiger partial charge on any atom is 0.296 e. The molecule has 6 rings (SSSR count). The van der Waals surface area contributed by atoms with Gasteiger partial charge in [0.15, 0.2) is 11.5 Å². The van der Waals surface area contributed by atoms with Crippen LogP contribution in [0.1, 0.15) is 48.5 Å². The Kier molecular flexibility index (Phi) is 5.62. The lowest BCUT2D eigenvalue weighted by Crippen LogP contribution is -2.32. The molecule has 5 aromatic rings. The van der Waals surface area contributed by atoms with Crippen LogP contribution in [0.3, 0.4) is 0 Å². The molecule has 1 unspecified atom stereocenters. The number of H-pyrrole nitrogens is 1. The number of amides is 1. The summed E-state index contributed by atoms with van der Waals surface area (Å²) in [6.07, 6.45) is 0. The molecule has 7 nitrogen and oxygen atoms in total. The Morgan fingerprint density at radius 2 is 1.82 bits per heavy atom. The highest BCUT2D eigenvalue weighted by Gasteiger charge is 2.46. The van der Waals surface area contributed by atoms with Crippen LogP contribution < -0.4 is 4.90 Å². The van der Waals surface area contributed by atoms with Crippen molar-refractivity contribution in [3.05, 3.63) is 106 Å². The summed E-state index contributed by atoms with van der Waals surface area (Å²) < 4.78 is 19.6. The molecule has 0 saturated carbocycles. The summed E-state index contributed by atoms with van der Waals surface area (Å²) in [5.41, 5.74) is 2.59. The van der Waals surface area contributed by atoms with Crippen molar-refractivity contribution < 1.29 is 23.5 Å². The van der Waals surface area contributed by atoms with Gasteiger partial charge in [0.25, 0.3) is 5.91 Å². The first-order valence-electron chi connectivity index (χ1n) is 12.3. The Hall–Kier alpha value is -4.43. The molecule has 39 heavy (non-hydrogen) atoms. The maximum atomic E-state index is 13.9. The number of hydrogen-bond donors (Lipinski definition) is 2. The van der Waals surface area contributed by atoms with E-state index >= 15 is 0 Å². The summed E-state index contributed by atoms with van der Waals surface area (Å²) >= 11 is 6.09. The molecule has 196 valence electrons. The number of fused-ring (bicyclic) bond motifs is 2. The van der Waals surface area contributed by atoms with Gasteiger partial charge in [0.05, 0.1) is 22.6 Å². The Morgan fingerprint density at radius 1 is 1.08 bits per heavy atom. The molecule has 2 N–H and O–H groups in total. The SMILES string of the molecule is CC(C)(C)c1ccc(C2C(C(=O)c3cc4cc(Cl)ccc4o3)=C(O)C(=O)N2c2nc3ccc(F)cc3[nH]2)cc1. The number of anilines is 1. The number of imidazole rings is 1. The highest BCUT2D eigenvalue weighted by Crippen LogP contribution is 2.42. The summed E-state index contributed by atoms with van der Waals surface area (Å²) in [6.45, 7) is 6.24. The molecule has 2 aromatic heterocycles. The second kappa shape index (κ2) is 8.81. The zero-order valence-corrected chi connectivity index (χ0v) is 22.0. The largest absolute Gasteiger partial charge is 0.503 e. The van der Waals surface area contributed by atoms with Gasteiger partial charge >= 0.3 is 0 Å². The van der Waals surface area contributed by atoms with Crippen LogP contribution in [0.5, 0.6) is 0 Å². The summed E-state index contributed by atoms with van der Waals surface area (Å²) in [7, 11) is 0. The van der Waals surface area contributed by atoms with Gasteiger partial charge in [-0.1, -0.05) is 56.6 Å². The van der Waals surface area contributed by atoms with Crippen molar-refractivity contribution in [2.24, 2.45) is 0 Å². The van der Waals surface area contributed by atoms with Crippen LogP contribution in [-0.4, -0.2) is 26.8 Å². The minimum absolute atomic E-state index is 0.0496. The van der Waals surface area contributed by atoms with Gasteiger partial charge in [-0.25, -0.2) is 9.37 Å². The second-order valence-electron chi connectivity index (χ2n) is 10.6. The van der Waals surface area contributed by atoms with Crippen LogP contribution in [0.4, 0.5) is 10.3 Å². The van der Waals surface area contributed by atoms with Gasteiger partial charge in [0, 0.05) is 10.4 Å².